The van der Waals surface area contributed by atoms with Crippen LogP contribution in [-0.4, -0.2) is 95.1 Å². The second-order valence-corrected chi connectivity index (χ2v) is 12.6. The Kier molecular flexibility index (Phi) is 11.2. The van der Waals surface area contributed by atoms with Crippen molar-refractivity contribution in [3.8, 4) is 5.75 Å². The van der Waals surface area contributed by atoms with Crippen LogP contribution in [0.3, 0.4) is 0 Å². The Morgan fingerprint density at radius 1 is 1.14 bits per heavy atom. The topological polar surface area (TPSA) is 79.4 Å². The molecule has 0 atom stereocenters. The van der Waals surface area contributed by atoms with Gasteiger partial charge in [-0.25, -0.2) is 8.42 Å². The van der Waals surface area contributed by atoms with Crippen molar-refractivity contribution in [3.05, 3.63) is 23.3 Å². The summed E-state index contributed by atoms with van der Waals surface area (Å²) in [6.07, 6.45) is 2.00. The smallest absolute Gasteiger partial charge is 0.248 e. The Morgan fingerprint density at radius 2 is 1.75 bits per heavy atom. The van der Waals surface area contributed by atoms with E-state index in [0.29, 0.717) is 17.2 Å². The fourth-order valence-corrected chi connectivity index (χ4v) is 6.67. The molecule has 8 nitrogen and oxygen atoms in total. The van der Waals surface area contributed by atoms with Gasteiger partial charge < -0.3 is 19.3 Å². The first-order chi connectivity index (χ1) is 16.9. The van der Waals surface area contributed by atoms with Crippen molar-refractivity contribution in [2.45, 2.75) is 59.3 Å². The molecule has 1 aliphatic heterocycles. The quantitative estimate of drug-likeness (QED) is 0.367. The van der Waals surface area contributed by atoms with Crippen LogP contribution >= 0.6 is 0 Å². The van der Waals surface area contributed by atoms with Gasteiger partial charge in [0.05, 0.1) is 13.7 Å². The third-order valence-electron chi connectivity index (χ3n) is 7.53. The minimum Gasteiger partial charge on any atom is -0.495 e. The molecular formula is C27H47N3O5S. The molecule has 1 amide bonds. The summed E-state index contributed by atoms with van der Waals surface area (Å²) in [5.74, 6) is 0.889. The van der Waals surface area contributed by atoms with E-state index in [9.17, 15) is 13.2 Å². The standard InChI is InChI=1S/C27H47N3O5S/c1-9-29(10-2)20-27(5,6)23-11-13-30(14-12-23)25(31)19-35-16-15-28(7)36(32,33)26-22(4)17-21(3)18-24(26)34-8/h17-18,23H,9-16,19-20H2,1-8H3. The van der Waals surface area contributed by atoms with Gasteiger partial charge in [-0.3, -0.25) is 4.79 Å². The number of likely N-dealkylation sites (N-methyl/N-ethyl adjacent to an activating group) is 1. The molecule has 0 bridgehead atoms. The third kappa shape index (κ3) is 7.66. The maximum Gasteiger partial charge on any atom is 0.248 e. The Morgan fingerprint density at radius 3 is 2.31 bits per heavy atom. The van der Waals surface area contributed by atoms with E-state index in [1.54, 1.807) is 13.0 Å². The van der Waals surface area contributed by atoms with Crippen LogP contribution in [0.25, 0.3) is 0 Å². The van der Waals surface area contributed by atoms with Crippen LogP contribution in [0.5, 0.6) is 5.75 Å². The molecule has 1 saturated heterocycles. The molecule has 2 rings (SSSR count). The molecule has 0 spiro atoms. The van der Waals surface area contributed by atoms with Crippen molar-refractivity contribution >= 4 is 15.9 Å². The molecule has 0 unspecified atom stereocenters. The first-order valence-corrected chi connectivity index (χ1v) is 14.5. The molecule has 1 heterocycles. The first kappa shape index (κ1) is 30.5. The molecule has 206 valence electrons. The molecule has 0 saturated carbocycles. The number of rotatable bonds is 13. The lowest BCUT2D eigenvalue weighted by Crippen LogP contribution is -2.46. The Hall–Kier alpha value is -1.68. The number of aryl methyl sites for hydroxylation is 2. The zero-order valence-corrected chi connectivity index (χ0v) is 24.4. The number of amides is 1. The summed E-state index contributed by atoms with van der Waals surface area (Å²) in [5.41, 5.74) is 1.79. The second-order valence-electron chi connectivity index (χ2n) is 10.6. The van der Waals surface area contributed by atoms with Gasteiger partial charge >= 0.3 is 0 Å². The maximum absolute atomic E-state index is 13.1. The summed E-state index contributed by atoms with van der Waals surface area (Å²) < 4.78 is 38.5. The minimum atomic E-state index is -3.75. The summed E-state index contributed by atoms with van der Waals surface area (Å²) in [6.45, 7) is 17.7. The van der Waals surface area contributed by atoms with Crippen LogP contribution in [0, 0.1) is 25.2 Å². The van der Waals surface area contributed by atoms with Crippen molar-refractivity contribution in [1.29, 1.82) is 0 Å². The number of nitrogens with zero attached hydrogens (tertiary/aromatic N) is 3. The molecule has 0 aliphatic carbocycles. The maximum atomic E-state index is 13.1. The van der Waals surface area contributed by atoms with Crippen molar-refractivity contribution in [2.24, 2.45) is 11.3 Å². The predicted molar refractivity (Wildman–Crippen MR) is 144 cm³/mol. The summed E-state index contributed by atoms with van der Waals surface area (Å²) in [6, 6.07) is 3.54. The van der Waals surface area contributed by atoms with Gasteiger partial charge in [-0.2, -0.15) is 4.31 Å². The van der Waals surface area contributed by atoms with Crippen molar-refractivity contribution < 1.29 is 22.7 Å². The fraction of sp³-hybridized carbons (Fsp3) is 0.741. The van der Waals surface area contributed by atoms with Gasteiger partial charge in [0, 0.05) is 33.2 Å². The normalized spacial score (nSPS) is 15.7. The first-order valence-electron chi connectivity index (χ1n) is 13.1. The lowest BCUT2D eigenvalue weighted by Gasteiger charge is -2.43. The fourth-order valence-electron chi connectivity index (χ4n) is 5.18. The van der Waals surface area contributed by atoms with Gasteiger partial charge in [0.1, 0.15) is 17.3 Å². The van der Waals surface area contributed by atoms with Gasteiger partial charge in [0.15, 0.2) is 0 Å². The highest BCUT2D eigenvalue weighted by Gasteiger charge is 2.34. The summed E-state index contributed by atoms with van der Waals surface area (Å²) >= 11 is 0. The van der Waals surface area contributed by atoms with E-state index in [1.807, 2.05) is 17.9 Å². The summed E-state index contributed by atoms with van der Waals surface area (Å²) in [4.78, 5) is 17.2. The number of carbonyl (C=O) groups excluding carboxylic acids is 1. The van der Waals surface area contributed by atoms with Gasteiger partial charge in [0.25, 0.3) is 0 Å². The van der Waals surface area contributed by atoms with Crippen molar-refractivity contribution in [1.82, 2.24) is 14.1 Å². The average molecular weight is 526 g/mol. The second kappa shape index (κ2) is 13.2. The van der Waals surface area contributed by atoms with E-state index in [0.717, 1.165) is 51.1 Å². The van der Waals surface area contributed by atoms with Crippen LogP contribution in [0.1, 0.15) is 51.7 Å². The zero-order valence-electron chi connectivity index (χ0n) is 23.6. The molecule has 1 fully saturated rings. The van der Waals surface area contributed by atoms with Gasteiger partial charge in [-0.05, 0) is 68.3 Å². The largest absolute Gasteiger partial charge is 0.495 e. The highest BCUT2D eigenvalue weighted by Crippen LogP contribution is 2.36. The minimum absolute atomic E-state index is 0.0310. The SMILES string of the molecule is CCN(CC)CC(C)(C)C1CCN(C(=O)COCCN(C)S(=O)(=O)c2c(C)cc(C)cc2OC)CC1. The predicted octanol–water partition coefficient (Wildman–Crippen LogP) is 3.56. The van der Waals surface area contributed by atoms with E-state index < -0.39 is 10.0 Å². The molecule has 0 N–H and O–H groups in total. The average Bonchev–Trinajstić information content (AvgIpc) is 2.84. The molecular weight excluding hydrogens is 478 g/mol. The molecule has 9 heteroatoms. The molecule has 1 aliphatic rings. The lowest BCUT2D eigenvalue weighted by molar-refractivity contribution is -0.138. The monoisotopic (exact) mass is 525 g/mol. The molecule has 1 aromatic carbocycles. The molecule has 0 radical (unpaired) electrons. The number of ether oxygens (including phenoxy) is 2. The molecule has 0 aromatic heterocycles. The van der Waals surface area contributed by atoms with Gasteiger partial charge in [-0.1, -0.05) is 33.8 Å². The van der Waals surface area contributed by atoms with Crippen LogP contribution in [-0.2, 0) is 19.6 Å². The van der Waals surface area contributed by atoms with E-state index in [1.165, 1.54) is 18.5 Å². The highest BCUT2D eigenvalue weighted by molar-refractivity contribution is 7.89. The number of hydrogen-bond donors (Lipinski definition) is 0. The van der Waals surface area contributed by atoms with Crippen LogP contribution in [0.2, 0.25) is 0 Å². The number of methoxy groups -OCH3 is 1. The lowest BCUT2D eigenvalue weighted by atomic mass is 9.73. The van der Waals surface area contributed by atoms with Crippen molar-refractivity contribution in [3.63, 3.8) is 0 Å². The van der Waals surface area contributed by atoms with E-state index in [-0.39, 0.29) is 36.0 Å². The molecule has 1 aromatic rings. The Balaban J connectivity index is 1.82. The number of likely N-dealkylation sites (tertiary alicyclic amines) is 1. The van der Waals surface area contributed by atoms with E-state index in [4.69, 9.17) is 9.47 Å². The Labute approximate surface area is 219 Å². The summed E-state index contributed by atoms with van der Waals surface area (Å²) in [7, 11) is -0.767. The number of piperidine rings is 1. The summed E-state index contributed by atoms with van der Waals surface area (Å²) in [5, 5.41) is 0. The number of hydrogen-bond acceptors (Lipinski definition) is 6. The van der Waals surface area contributed by atoms with Crippen LogP contribution in [0.15, 0.2) is 17.0 Å². The van der Waals surface area contributed by atoms with Gasteiger partial charge in [-0.15, -0.1) is 0 Å². The number of carbonyl (C=O) groups is 1. The van der Waals surface area contributed by atoms with Crippen molar-refractivity contribution in [2.75, 3.05) is 66.6 Å². The van der Waals surface area contributed by atoms with Crippen LogP contribution in [0.4, 0.5) is 0 Å². The number of benzene rings is 1. The highest BCUT2D eigenvalue weighted by atomic mass is 32.2. The van der Waals surface area contributed by atoms with Gasteiger partial charge in [0.2, 0.25) is 15.9 Å². The third-order valence-corrected chi connectivity index (χ3v) is 9.57. The van der Waals surface area contributed by atoms with E-state index >= 15 is 0 Å². The van der Waals surface area contributed by atoms with E-state index in [2.05, 4.69) is 32.6 Å². The zero-order chi connectivity index (χ0) is 27.1. The number of sulfonamides is 1. The molecule has 36 heavy (non-hydrogen) atoms. The Bertz CT molecular complexity index is 968. The van der Waals surface area contributed by atoms with Crippen LogP contribution < -0.4 is 4.74 Å².